The Bertz CT molecular complexity index is 265. The van der Waals surface area contributed by atoms with Crippen molar-refractivity contribution in [2.75, 3.05) is 0 Å². The lowest BCUT2D eigenvalue weighted by atomic mass is 10.2. The van der Waals surface area contributed by atoms with Crippen molar-refractivity contribution in [3.05, 3.63) is 60.4 Å². The second-order valence-corrected chi connectivity index (χ2v) is 2.28. The Morgan fingerprint density at radius 3 is 2.45 bits per heavy atom. The van der Waals surface area contributed by atoms with E-state index in [1.165, 1.54) is 0 Å². The summed E-state index contributed by atoms with van der Waals surface area (Å²) < 4.78 is 0. The molecule has 0 aromatic carbocycles. The number of rotatable bonds is 0. The molecule has 0 fully saturated rings. The van der Waals surface area contributed by atoms with Crippen molar-refractivity contribution in [1.29, 1.82) is 0 Å². The minimum atomic E-state index is 0.709. The molecule has 2 N–H and O–H groups in total. The van der Waals surface area contributed by atoms with Crippen molar-refractivity contribution in [2.45, 2.75) is 0 Å². The van der Waals surface area contributed by atoms with Crippen molar-refractivity contribution >= 4 is 0 Å². The average molecular weight is 145 g/mol. The Hall–Kier alpha value is -1.50. The fraction of sp³-hybridized carbons (Fsp3) is 0. The molecule has 0 heterocycles. The standard InChI is InChI=1S/C10H11N/c1-9-7-5-3-2-4-6-8-10(9)11/h2-8H,1,11H2/b3-2-,6-4-,7-5?,10-8+. The monoisotopic (exact) mass is 145 g/mol. The first-order valence-electron chi connectivity index (χ1n) is 3.47. The molecule has 0 saturated heterocycles. The fourth-order valence-electron chi connectivity index (χ4n) is 0.727. The summed E-state index contributed by atoms with van der Waals surface area (Å²) in [6.45, 7) is 3.79. The third kappa shape index (κ3) is 2.30. The number of nitrogens with two attached hydrogens (primary N) is 1. The van der Waals surface area contributed by atoms with Gasteiger partial charge in [-0.3, -0.25) is 0 Å². The van der Waals surface area contributed by atoms with Gasteiger partial charge in [-0.05, 0) is 11.6 Å². The van der Waals surface area contributed by atoms with Gasteiger partial charge < -0.3 is 5.73 Å². The van der Waals surface area contributed by atoms with Crippen LogP contribution in [0.1, 0.15) is 0 Å². The zero-order chi connectivity index (χ0) is 8.10. The van der Waals surface area contributed by atoms with Gasteiger partial charge in [0, 0.05) is 5.70 Å². The minimum Gasteiger partial charge on any atom is -0.398 e. The summed E-state index contributed by atoms with van der Waals surface area (Å²) in [5, 5.41) is 0. The number of allylic oxidation sites excluding steroid dienone is 7. The van der Waals surface area contributed by atoms with Crippen molar-refractivity contribution in [2.24, 2.45) is 5.73 Å². The summed E-state index contributed by atoms with van der Waals surface area (Å²) in [5.41, 5.74) is 7.21. The molecule has 1 rings (SSSR count). The van der Waals surface area contributed by atoms with Crippen LogP contribution in [0, 0.1) is 0 Å². The van der Waals surface area contributed by atoms with Gasteiger partial charge in [0.25, 0.3) is 0 Å². The van der Waals surface area contributed by atoms with E-state index < -0.39 is 0 Å². The van der Waals surface area contributed by atoms with Crippen LogP contribution in [0.2, 0.25) is 0 Å². The summed E-state index contributed by atoms with van der Waals surface area (Å²) in [7, 11) is 0. The van der Waals surface area contributed by atoms with Crippen LogP contribution in [-0.4, -0.2) is 0 Å². The highest BCUT2D eigenvalue weighted by Gasteiger charge is 1.89. The zero-order valence-corrected chi connectivity index (χ0v) is 6.33. The lowest BCUT2D eigenvalue weighted by Gasteiger charge is -1.96. The van der Waals surface area contributed by atoms with Gasteiger partial charge in [0.05, 0.1) is 0 Å². The molecule has 0 atom stereocenters. The highest BCUT2D eigenvalue weighted by Crippen LogP contribution is 2.04. The molecular formula is C10H11N. The van der Waals surface area contributed by atoms with E-state index >= 15 is 0 Å². The third-order valence-electron chi connectivity index (χ3n) is 1.39. The first-order chi connectivity index (χ1) is 5.30. The molecule has 0 aromatic heterocycles. The second kappa shape index (κ2) is 3.62. The molecule has 1 nitrogen and oxygen atoms in total. The van der Waals surface area contributed by atoms with Gasteiger partial charge in [0.1, 0.15) is 0 Å². The molecule has 1 aliphatic carbocycles. The van der Waals surface area contributed by atoms with Gasteiger partial charge in [-0.2, -0.15) is 0 Å². The average Bonchev–Trinajstić information content (AvgIpc) is 2.07. The summed E-state index contributed by atoms with van der Waals surface area (Å²) in [6, 6.07) is 0. The SMILES string of the molecule is C=C1C=C\C=C/C=C\C=C/1N. The van der Waals surface area contributed by atoms with Crippen LogP contribution >= 0.6 is 0 Å². The maximum Gasteiger partial charge on any atom is 0.0381 e. The van der Waals surface area contributed by atoms with E-state index in [1.54, 1.807) is 0 Å². The highest BCUT2D eigenvalue weighted by molar-refractivity contribution is 5.39. The Morgan fingerprint density at radius 2 is 1.64 bits per heavy atom. The lowest BCUT2D eigenvalue weighted by molar-refractivity contribution is 1.37. The fourth-order valence-corrected chi connectivity index (χ4v) is 0.727. The van der Waals surface area contributed by atoms with Gasteiger partial charge in [0.15, 0.2) is 0 Å². The molecule has 1 aliphatic rings. The van der Waals surface area contributed by atoms with E-state index in [0.717, 1.165) is 5.57 Å². The molecule has 0 amide bonds. The Labute approximate surface area is 66.9 Å². The van der Waals surface area contributed by atoms with E-state index in [0.29, 0.717) is 5.70 Å². The molecule has 1 heteroatoms. The van der Waals surface area contributed by atoms with Gasteiger partial charge in [-0.15, -0.1) is 0 Å². The summed E-state index contributed by atoms with van der Waals surface area (Å²) in [4.78, 5) is 0. The molecule has 0 aromatic rings. The quantitative estimate of drug-likeness (QED) is 0.554. The molecule has 56 valence electrons. The van der Waals surface area contributed by atoms with Crippen molar-refractivity contribution in [1.82, 2.24) is 0 Å². The van der Waals surface area contributed by atoms with Gasteiger partial charge >= 0.3 is 0 Å². The largest absolute Gasteiger partial charge is 0.398 e. The van der Waals surface area contributed by atoms with E-state index in [-0.39, 0.29) is 0 Å². The van der Waals surface area contributed by atoms with E-state index in [9.17, 15) is 0 Å². The molecule has 0 spiro atoms. The summed E-state index contributed by atoms with van der Waals surface area (Å²) >= 11 is 0. The van der Waals surface area contributed by atoms with Gasteiger partial charge in [-0.25, -0.2) is 0 Å². The first-order valence-corrected chi connectivity index (χ1v) is 3.47. The minimum absolute atomic E-state index is 0.709. The second-order valence-electron chi connectivity index (χ2n) is 2.28. The van der Waals surface area contributed by atoms with E-state index in [4.69, 9.17) is 5.73 Å². The molecule has 0 radical (unpaired) electrons. The number of hydrogen-bond donors (Lipinski definition) is 1. The van der Waals surface area contributed by atoms with Crippen LogP contribution in [0.5, 0.6) is 0 Å². The van der Waals surface area contributed by atoms with Crippen LogP contribution in [-0.2, 0) is 0 Å². The Kier molecular flexibility index (Phi) is 2.50. The topological polar surface area (TPSA) is 26.0 Å². The van der Waals surface area contributed by atoms with Crippen molar-refractivity contribution in [3.63, 3.8) is 0 Å². The number of hydrogen-bond acceptors (Lipinski definition) is 1. The van der Waals surface area contributed by atoms with Gasteiger partial charge in [0.2, 0.25) is 0 Å². The Morgan fingerprint density at radius 1 is 1.00 bits per heavy atom. The molecule has 0 saturated carbocycles. The summed E-state index contributed by atoms with van der Waals surface area (Å²) in [6.07, 6.45) is 13.3. The Balaban J connectivity index is 2.92. The molecule has 0 bridgehead atoms. The van der Waals surface area contributed by atoms with Crippen LogP contribution in [0.25, 0.3) is 0 Å². The van der Waals surface area contributed by atoms with Crippen LogP contribution < -0.4 is 5.73 Å². The maximum absolute atomic E-state index is 5.65. The molecule has 0 aliphatic heterocycles. The van der Waals surface area contributed by atoms with Gasteiger partial charge in [-0.1, -0.05) is 43.0 Å². The third-order valence-corrected chi connectivity index (χ3v) is 1.39. The first kappa shape index (κ1) is 7.61. The van der Waals surface area contributed by atoms with Crippen molar-refractivity contribution in [3.8, 4) is 0 Å². The van der Waals surface area contributed by atoms with Crippen molar-refractivity contribution < 1.29 is 0 Å². The van der Waals surface area contributed by atoms with E-state index in [1.807, 2.05) is 42.5 Å². The smallest absolute Gasteiger partial charge is 0.0381 e. The van der Waals surface area contributed by atoms with Crippen LogP contribution in [0.4, 0.5) is 0 Å². The normalized spacial score (nSPS) is 27.6. The summed E-state index contributed by atoms with van der Waals surface area (Å²) in [5.74, 6) is 0. The zero-order valence-electron chi connectivity index (χ0n) is 6.33. The highest BCUT2D eigenvalue weighted by atomic mass is 14.6. The van der Waals surface area contributed by atoms with Crippen LogP contribution in [0.3, 0.4) is 0 Å². The van der Waals surface area contributed by atoms with Crippen LogP contribution in [0.15, 0.2) is 60.4 Å². The molecule has 11 heavy (non-hydrogen) atoms. The lowest BCUT2D eigenvalue weighted by Crippen LogP contribution is -1.96. The maximum atomic E-state index is 5.65. The predicted octanol–water partition coefficient (Wildman–Crippen LogP) is 2.07. The predicted molar refractivity (Wildman–Crippen MR) is 48.8 cm³/mol. The molecular weight excluding hydrogens is 134 g/mol. The van der Waals surface area contributed by atoms with E-state index in [2.05, 4.69) is 6.58 Å². The molecule has 0 unspecified atom stereocenters.